The highest BCUT2D eigenvalue weighted by molar-refractivity contribution is 5.71. The Bertz CT molecular complexity index is 453. The summed E-state index contributed by atoms with van der Waals surface area (Å²) >= 11 is 0. The average Bonchev–Trinajstić information content (AvgIpc) is 2.28. The van der Waals surface area contributed by atoms with Crippen molar-refractivity contribution in [1.82, 2.24) is 4.90 Å². The molecular weight excluding hydrogens is 224 g/mol. The van der Waals surface area contributed by atoms with Gasteiger partial charge in [0, 0.05) is 25.7 Å². The molecule has 1 rings (SSSR count). The standard InChI is InChI=1S/C11H12N2O4/c1-8(7-12(2)11(14)15)9-3-5-10(6-4-9)13(16)17/h3-6H,1,7H2,2H3,(H,14,15). The monoisotopic (exact) mass is 236 g/mol. The van der Waals surface area contributed by atoms with E-state index < -0.39 is 11.0 Å². The maximum Gasteiger partial charge on any atom is 0.407 e. The molecule has 6 nitrogen and oxygen atoms in total. The molecule has 1 aromatic rings. The summed E-state index contributed by atoms with van der Waals surface area (Å²) in [5.41, 5.74) is 1.27. The molecule has 0 unspecified atom stereocenters. The first-order chi connectivity index (χ1) is 7.91. The SMILES string of the molecule is C=C(CN(C)C(=O)O)c1ccc([N+](=O)[O-])cc1. The number of hydrogen-bond acceptors (Lipinski definition) is 3. The first kappa shape index (κ1) is 12.7. The van der Waals surface area contributed by atoms with Crippen LogP contribution in [0.25, 0.3) is 5.57 Å². The van der Waals surface area contributed by atoms with E-state index in [1.54, 1.807) is 12.1 Å². The van der Waals surface area contributed by atoms with Crippen molar-refractivity contribution in [2.24, 2.45) is 0 Å². The molecule has 1 N–H and O–H groups in total. The van der Waals surface area contributed by atoms with Crippen LogP contribution in [0.3, 0.4) is 0 Å². The average molecular weight is 236 g/mol. The number of carbonyl (C=O) groups is 1. The van der Waals surface area contributed by atoms with Crippen LogP contribution in [0, 0.1) is 10.1 Å². The van der Waals surface area contributed by atoms with Gasteiger partial charge in [0.25, 0.3) is 5.69 Å². The van der Waals surface area contributed by atoms with Crippen LogP contribution >= 0.6 is 0 Å². The predicted octanol–water partition coefficient (Wildman–Crippen LogP) is 2.22. The van der Waals surface area contributed by atoms with Crippen LogP contribution in [0.4, 0.5) is 10.5 Å². The zero-order valence-corrected chi connectivity index (χ0v) is 9.29. The van der Waals surface area contributed by atoms with Crippen LogP contribution in [0.15, 0.2) is 30.8 Å². The van der Waals surface area contributed by atoms with Gasteiger partial charge in [0.2, 0.25) is 0 Å². The lowest BCUT2D eigenvalue weighted by molar-refractivity contribution is -0.384. The van der Waals surface area contributed by atoms with Crippen LogP contribution < -0.4 is 0 Å². The molecule has 0 aliphatic carbocycles. The quantitative estimate of drug-likeness (QED) is 0.641. The fraction of sp³-hybridized carbons (Fsp3) is 0.182. The molecule has 0 atom stereocenters. The molecule has 6 heteroatoms. The van der Waals surface area contributed by atoms with Gasteiger partial charge in [-0.05, 0) is 23.3 Å². The molecule has 0 saturated heterocycles. The molecule has 0 heterocycles. The lowest BCUT2D eigenvalue weighted by Gasteiger charge is -2.14. The molecule has 0 aromatic heterocycles. The van der Waals surface area contributed by atoms with Crippen molar-refractivity contribution in [3.05, 3.63) is 46.5 Å². The van der Waals surface area contributed by atoms with Gasteiger partial charge in [-0.15, -0.1) is 0 Å². The summed E-state index contributed by atoms with van der Waals surface area (Å²) in [5.74, 6) is 0. The topological polar surface area (TPSA) is 83.7 Å². The number of nitro groups is 1. The van der Waals surface area contributed by atoms with Crippen molar-refractivity contribution >= 4 is 17.4 Å². The van der Waals surface area contributed by atoms with Crippen molar-refractivity contribution in [2.75, 3.05) is 13.6 Å². The van der Waals surface area contributed by atoms with E-state index in [9.17, 15) is 14.9 Å². The number of likely N-dealkylation sites (N-methyl/N-ethyl adjacent to an activating group) is 1. The molecule has 90 valence electrons. The molecule has 0 aliphatic heterocycles. The highest BCUT2D eigenvalue weighted by atomic mass is 16.6. The molecule has 1 amide bonds. The largest absolute Gasteiger partial charge is 0.465 e. The van der Waals surface area contributed by atoms with Gasteiger partial charge >= 0.3 is 6.09 Å². The summed E-state index contributed by atoms with van der Waals surface area (Å²) < 4.78 is 0. The van der Waals surface area contributed by atoms with E-state index >= 15 is 0 Å². The minimum atomic E-state index is -1.05. The zero-order chi connectivity index (χ0) is 13.0. The van der Waals surface area contributed by atoms with Gasteiger partial charge in [-0.1, -0.05) is 6.58 Å². The third-order valence-electron chi connectivity index (χ3n) is 2.24. The summed E-state index contributed by atoms with van der Waals surface area (Å²) in [4.78, 5) is 21.6. The van der Waals surface area contributed by atoms with Gasteiger partial charge in [0.05, 0.1) is 4.92 Å². The predicted molar refractivity (Wildman–Crippen MR) is 62.8 cm³/mol. The number of non-ortho nitro benzene ring substituents is 1. The molecule has 1 aromatic carbocycles. The smallest absolute Gasteiger partial charge is 0.407 e. The highest BCUT2D eigenvalue weighted by Gasteiger charge is 2.10. The maximum absolute atomic E-state index is 10.6. The molecular formula is C11H12N2O4. The lowest BCUT2D eigenvalue weighted by atomic mass is 10.1. The van der Waals surface area contributed by atoms with Crippen molar-refractivity contribution in [2.45, 2.75) is 0 Å². The van der Waals surface area contributed by atoms with Gasteiger partial charge in [-0.3, -0.25) is 10.1 Å². The number of benzene rings is 1. The lowest BCUT2D eigenvalue weighted by Crippen LogP contribution is -2.26. The Kier molecular flexibility index (Phi) is 3.82. The van der Waals surface area contributed by atoms with Crippen LogP contribution in [-0.2, 0) is 0 Å². The highest BCUT2D eigenvalue weighted by Crippen LogP contribution is 2.18. The van der Waals surface area contributed by atoms with Gasteiger partial charge in [0.15, 0.2) is 0 Å². The van der Waals surface area contributed by atoms with E-state index in [1.165, 1.54) is 19.2 Å². The third-order valence-corrected chi connectivity index (χ3v) is 2.24. The number of nitro benzene ring substituents is 1. The Morgan fingerprint density at radius 3 is 2.41 bits per heavy atom. The van der Waals surface area contributed by atoms with E-state index in [0.29, 0.717) is 11.1 Å². The first-order valence-corrected chi connectivity index (χ1v) is 4.78. The van der Waals surface area contributed by atoms with E-state index in [1.807, 2.05) is 0 Å². The van der Waals surface area contributed by atoms with Crippen LogP contribution in [0.1, 0.15) is 5.56 Å². The molecule has 0 radical (unpaired) electrons. The van der Waals surface area contributed by atoms with Crippen LogP contribution in [0.2, 0.25) is 0 Å². The number of amides is 1. The maximum atomic E-state index is 10.6. The summed E-state index contributed by atoms with van der Waals surface area (Å²) in [6.07, 6.45) is -1.05. The number of nitrogens with zero attached hydrogens (tertiary/aromatic N) is 2. The van der Waals surface area contributed by atoms with E-state index in [2.05, 4.69) is 6.58 Å². The van der Waals surface area contributed by atoms with Gasteiger partial charge in [-0.2, -0.15) is 0 Å². The molecule has 0 spiro atoms. The first-order valence-electron chi connectivity index (χ1n) is 4.78. The normalized spacial score (nSPS) is 9.71. The van der Waals surface area contributed by atoms with E-state index in [4.69, 9.17) is 5.11 Å². The second kappa shape index (κ2) is 5.11. The Morgan fingerprint density at radius 2 is 2.00 bits per heavy atom. The second-order valence-electron chi connectivity index (χ2n) is 3.55. The summed E-state index contributed by atoms with van der Waals surface area (Å²) in [5, 5.41) is 19.1. The Balaban J connectivity index is 2.77. The molecule has 0 fully saturated rings. The summed E-state index contributed by atoms with van der Waals surface area (Å²) in [6.45, 7) is 3.91. The summed E-state index contributed by atoms with van der Waals surface area (Å²) in [6, 6.07) is 5.83. The fourth-order valence-electron chi connectivity index (χ4n) is 1.26. The Morgan fingerprint density at radius 1 is 1.47 bits per heavy atom. The molecule has 0 aliphatic rings. The van der Waals surface area contributed by atoms with Crippen LogP contribution in [0.5, 0.6) is 0 Å². The molecule has 0 saturated carbocycles. The Hall–Kier alpha value is -2.37. The van der Waals surface area contributed by atoms with Gasteiger partial charge in [-0.25, -0.2) is 4.79 Å². The minimum absolute atomic E-state index is 0.00635. The van der Waals surface area contributed by atoms with Crippen molar-refractivity contribution in [3.63, 3.8) is 0 Å². The van der Waals surface area contributed by atoms with Crippen molar-refractivity contribution in [3.8, 4) is 0 Å². The molecule has 0 bridgehead atoms. The number of rotatable bonds is 4. The minimum Gasteiger partial charge on any atom is -0.465 e. The number of hydrogen-bond donors (Lipinski definition) is 1. The van der Waals surface area contributed by atoms with Gasteiger partial charge in [0.1, 0.15) is 0 Å². The van der Waals surface area contributed by atoms with Crippen molar-refractivity contribution in [1.29, 1.82) is 0 Å². The van der Waals surface area contributed by atoms with E-state index in [0.717, 1.165) is 4.90 Å². The van der Waals surface area contributed by atoms with Crippen molar-refractivity contribution < 1.29 is 14.8 Å². The third kappa shape index (κ3) is 3.30. The second-order valence-corrected chi connectivity index (χ2v) is 3.55. The molecule has 17 heavy (non-hydrogen) atoms. The summed E-state index contributed by atoms with van der Waals surface area (Å²) in [7, 11) is 1.43. The van der Waals surface area contributed by atoms with Crippen LogP contribution in [-0.4, -0.2) is 34.6 Å². The zero-order valence-electron chi connectivity index (χ0n) is 9.29. The number of carboxylic acid groups (broad SMARTS) is 1. The fourth-order valence-corrected chi connectivity index (χ4v) is 1.26. The Labute approximate surface area is 97.9 Å². The van der Waals surface area contributed by atoms with E-state index in [-0.39, 0.29) is 12.2 Å². The van der Waals surface area contributed by atoms with Gasteiger partial charge < -0.3 is 10.0 Å².